The minimum Gasteiger partial charge on any atom is -0.356 e. The zero-order valence-corrected chi connectivity index (χ0v) is 23.8. The first-order valence-corrected chi connectivity index (χ1v) is 12.7. The number of nitrogens with one attached hydrogen (secondary N) is 2. The number of rotatable bonds is 14. The Morgan fingerprint density at radius 1 is 0.794 bits per heavy atom. The smallest absolute Gasteiger partial charge is 0.220 e. The quantitative estimate of drug-likeness (QED) is 0.324. The summed E-state index contributed by atoms with van der Waals surface area (Å²) in [5.74, 6) is 1.14. The third-order valence-corrected chi connectivity index (χ3v) is 6.41. The van der Waals surface area contributed by atoms with Crippen LogP contribution in [0.1, 0.15) is 121 Å². The van der Waals surface area contributed by atoms with Gasteiger partial charge in [-0.2, -0.15) is 5.21 Å². The molecule has 1 amide bonds. The number of nitrogens with zero attached hydrogens (tertiary/aromatic N) is 3. The number of aromatic amines is 1. The van der Waals surface area contributed by atoms with Crippen molar-refractivity contribution in [3.05, 3.63) is 5.82 Å². The molecule has 0 atom stereocenters. The molecule has 0 aliphatic rings. The molecule has 2 N–H and O–H groups in total. The number of tetrazole rings is 1. The molecule has 0 aliphatic carbocycles. The first-order valence-electron chi connectivity index (χ1n) is 12.7. The zero-order chi connectivity index (χ0) is 26.4. The highest BCUT2D eigenvalue weighted by atomic mass is 16.1. The molecule has 0 saturated heterocycles. The van der Waals surface area contributed by atoms with Gasteiger partial charge in [0, 0.05) is 31.2 Å². The van der Waals surface area contributed by atoms with Gasteiger partial charge in [-0.05, 0) is 47.3 Å². The normalized spacial score (nSPS) is 13.7. The average molecular weight is 478 g/mol. The minimum absolute atomic E-state index is 0.0289. The molecule has 0 aromatic carbocycles. The standard InChI is InChI=1S/C27H51N5O2/c1-23(2,3)20(33)15-25(6,7)18-24(4,5)13-12-14-28-22(34)17-27(10,11)19-26(8,9)16-21-29-31-32-30-21/h12-19H2,1-11H3,(H,28,34)(H,29,30,31,32). The SMILES string of the molecule is CC(C)(CCCNC(=O)CC(C)(C)CC(C)(C)Cc1nn[nH]n1)CC(C)(C)CC(=O)C(C)(C)C. The van der Waals surface area contributed by atoms with Crippen molar-refractivity contribution >= 4 is 11.7 Å². The Labute approximate surface area is 208 Å². The Balaban J connectivity index is 2.44. The summed E-state index contributed by atoms with van der Waals surface area (Å²) in [7, 11) is 0. The van der Waals surface area contributed by atoms with E-state index < -0.39 is 0 Å². The van der Waals surface area contributed by atoms with Gasteiger partial charge < -0.3 is 5.32 Å². The lowest BCUT2D eigenvalue weighted by molar-refractivity contribution is -0.128. The molecule has 196 valence electrons. The number of ketones is 1. The van der Waals surface area contributed by atoms with E-state index in [1.807, 2.05) is 20.8 Å². The summed E-state index contributed by atoms with van der Waals surface area (Å²) >= 11 is 0. The van der Waals surface area contributed by atoms with E-state index in [-0.39, 0.29) is 33.0 Å². The molecule has 34 heavy (non-hydrogen) atoms. The number of aromatic nitrogens is 4. The molecule has 0 fully saturated rings. The van der Waals surface area contributed by atoms with E-state index in [1.54, 1.807) is 0 Å². The summed E-state index contributed by atoms with van der Waals surface area (Å²) in [5.41, 5.74) is -0.360. The maximum Gasteiger partial charge on any atom is 0.220 e. The number of carbonyl (C=O) groups excluding carboxylic acids is 2. The summed E-state index contributed by atoms with van der Waals surface area (Å²) in [6.07, 6.45) is 5.65. The fraction of sp³-hybridized carbons (Fsp3) is 0.889. The van der Waals surface area contributed by atoms with Crippen molar-refractivity contribution in [3.63, 3.8) is 0 Å². The molecular weight excluding hydrogens is 426 g/mol. The van der Waals surface area contributed by atoms with Crippen LogP contribution in [0.3, 0.4) is 0 Å². The number of H-pyrrole nitrogens is 1. The molecule has 0 aliphatic heterocycles. The van der Waals surface area contributed by atoms with E-state index in [2.05, 4.69) is 81.3 Å². The Morgan fingerprint density at radius 2 is 1.35 bits per heavy atom. The molecule has 7 nitrogen and oxygen atoms in total. The van der Waals surface area contributed by atoms with E-state index in [9.17, 15) is 9.59 Å². The van der Waals surface area contributed by atoms with E-state index in [4.69, 9.17) is 0 Å². The molecule has 1 rings (SSSR count). The summed E-state index contributed by atoms with van der Waals surface area (Å²) < 4.78 is 0. The molecular formula is C27H51N5O2. The van der Waals surface area contributed by atoms with Crippen molar-refractivity contribution in [2.45, 2.75) is 121 Å². The fourth-order valence-corrected chi connectivity index (χ4v) is 5.54. The van der Waals surface area contributed by atoms with Crippen LogP contribution in [0.15, 0.2) is 0 Å². The van der Waals surface area contributed by atoms with Gasteiger partial charge in [0.25, 0.3) is 0 Å². The summed E-state index contributed by atoms with van der Waals surface area (Å²) in [4.78, 5) is 25.2. The Bertz CT molecular complexity index is 786. The van der Waals surface area contributed by atoms with Crippen molar-refractivity contribution in [2.75, 3.05) is 6.54 Å². The number of carbonyl (C=O) groups is 2. The van der Waals surface area contributed by atoms with Crippen LogP contribution in [0.4, 0.5) is 0 Å². The second kappa shape index (κ2) is 11.3. The van der Waals surface area contributed by atoms with Gasteiger partial charge in [0.05, 0.1) is 0 Å². The molecule has 1 heterocycles. The van der Waals surface area contributed by atoms with Crippen molar-refractivity contribution in [1.29, 1.82) is 0 Å². The lowest BCUT2D eigenvalue weighted by Gasteiger charge is -2.36. The van der Waals surface area contributed by atoms with E-state index in [1.165, 1.54) is 0 Å². The van der Waals surface area contributed by atoms with Gasteiger partial charge in [-0.15, -0.1) is 10.2 Å². The molecule has 0 radical (unpaired) electrons. The Kier molecular flexibility index (Phi) is 10.0. The van der Waals surface area contributed by atoms with Gasteiger partial charge in [0.1, 0.15) is 5.78 Å². The molecule has 7 heteroatoms. The van der Waals surface area contributed by atoms with Crippen molar-refractivity contribution in [1.82, 2.24) is 25.9 Å². The van der Waals surface area contributed by atoms with Crippen molar-refractivity contribution in [3.8, 4) is 0 Å². The number of hydrogen-bond donors (Lipinski definition) is 2. The van der Waals surface area contributed by atoms with Crippen LogP contribution in [-0.2, 0) is 16.0 Å². The lowest BCUT2D eigenvalue weighted by atomic mass is 9.69. The predicted octanol–water partition coefficient (Wildman–Crippen LogP) is 5.92. The zero-order valence-electron chi connectivity index (χ0n) is 23.8. The van der Waals surface area contributed by atoms with Crippen molar-refractivity contribution < 1.29 is 9.59 Å². The molecule has 1 aromatic rings. The monoisotopic (exact) mass is 477 g/mol. The molecule has 0 spiro atoms. The third-order valence-electron chi connectivity index (χ3n) is 6.41. The number of hydrogen-bond acceptors (Lipinski definition) is 5. The third kappa shape index (κ3) is 12.1. The topological polar surface area (TPSA) is 101 Å². The van der Waals surface area contributed by atoms with Crippen LogP contribution in [0.2, 0.25) is 0 Å². The largest absolute Gasteiger partial charge is 0.356 e. The molecule has 0 unspecified atom stereocenters. The second-order valence-electron chi connectivity index (χ2n) is 14.5. The van der Waals surface area contributed by atoms with Gasteiger partial charge in [0.2, 0.25) is 5.91 Å². The van der Waals surface area contributed by atoms with Gasteiger partial charge in [-0.3, -0.25) is 9.59 Å². The molecule has 1 aromatic heterocycles. The highest BCUT2D eigenvalue weighted by Gasteiger charge is 2.34. The van der Waals surface area contributed by atoms with Gasteiger partial charge in [-0.25, -0.2) is 0 Å². The lowest BCUT2D eigenvalue weighted by Crippen LogP contribution is -2.33. The summed E-state index contributed by atoms with van der Waals surface area (Å²) in [5, 5.41) is 17.4. The maximum absolute atomic E-state index is 12.6. The van der Waals surface area contributed by atoms with Crippen LogP contribution in [0.5, 0.6) is 0 Å². The van der Waals surface area contributed by atoms with E-state index in [0.717, 1.165) is 32.1 Å². The van der Waals surface area contributed by atoms with Gasteiger partial charge in [-0.1, -0.05) is 81.4 Å². The second-order valence-corrected chi connectivity index (χ2v) is 14.5. The predicted molar refractivity (Wildman–Crippen MR) is 138 cm³/mol. The van der Waals surface area contributed by atoms with Crippen LogP contribution < -0.4 is 5.32 Å². The Morgan fingerprint density at radius 3 is 1.88 bits per heavy atom. The number of amides is 1. The molecule has 0 saturated carbocycles. The highest BCUT2D eigenvalue weighted by molar-refractivity contribution is 5.84. The van der Waals surface area contributed by atoms with Crippen LogP contribution in [0.25, 0.3) is 0 Å². The fourth-order valence-electron chi connectivity index (χ4n) is 5.54. The maximum atomic E-state index is 12.6. The summed E-state index contributed by atoms with van der Waals surface area (Å²) in [6, 6.07) is 0. The average Bonchev–Trinajstić information content (AvgIpc) is 3.06. The first-order chi connectivity index (χ1) is 15.2. The Hall–Kier alpha value is -1.79. The summed E-state index contributed by atoms with van der Waals surface area (Å²) in [6.45, 7) is 24.3. The van der Waals surface area contributed by atoms with Gasteiger partial charge in [0.15, 0.2) is 5.82 Å². The first kappa shape index (κ1) is 30.2. The van der Waals surface area contributed by atoms with Crippen LogP contribution in [-0.4, -0.2) is 38.9 Å². The minimum atomic E-state index is -0.290. The van der Waals surface area contributed by atoms with E-state index >= 15 is 0 Å². The highest BCUT2D eigenvalue weighted by Crippen LogP contribution is 2.41. The van der Waals surface area contributed by atoms with E-state index in [0.29, 0.717) is 31.0 Å². The van der Waals surface area contributed by atoms with Crippen LogP contribution in [0, 0.1) is 27.1 Å². The van der Waals surface area contributed by atoms with Gasteiger partial charge >= 0.3 is 0 Å². The van der Waals surface area contributed by atoms with Crippen molar-refractivity contribution in [2.24, 2.45) is 27.1 Å². The van der Waals surface area contributed by atoms with Crippen LogP contribution >= 0.6 is 0 Å². The number of Topliss-reactive ketones (excluding diaryl/α,β-unsaturated/α-hetero) is 1. The molecule has 0 bridgehead atoms.